The number of hydrogen-bond acceptors (Lipinski definition) is 3. The number of carbonyl (C=O) groups excluding carboxylic acids is 2. The average molecular weight is 333 g/mol. The number of allylic oxidation sites excluding steroid dienone is 1. The molecule has 4 rings (SSSR count). The normalized spacial score (nSPS) is 13.8. The first-order chi connectivity index (χ1) is 11.9. The van der Waals surface area contributed by atoms with Crippen LogP contribution in [0.2, 0.25) is 0 Å². The zero-order valence-electron chi connectivity index (χ0n) is 14.8. The first-order valence-electron chi connectivity index (χ1n) is 8.35. The molecule has 0 bridgehead atoms. The fraction of sp³-hybridized carbons (Fsp3) is 0.238. The first kappa shape index (κ1) is 15.6. The number of rotatable bonds is 2. The van der Waals surface area contributed by atoms with E-state index < -0.39 is 0 Å². The van der Waals surface area contributed by atoms with Crippen LogP contribution in [0.5, 0.6) is 0 Å². The highest BCUT2D eigenvalue weighted by Gasteiger charge is 2.33. The Bertz CT molecular complexity index is 1100. The lowest BCUT2D eigenvalue weighted by Crippen LogP contribution is -2.40. The molecule has 0 saturated heterocycles. The van der Waals surface area contributed by atoms with Crippen LogP contribution in [0.1, 0.15) is 45.9 Å². The van der Waals surface area contributed by atoms with Crippen molar-refractivity contribution < 1.29 is 14.0 Å². The lowest BCUT2D eigenvalue weighted by atomic mass is 9.92. The van der Waals surface area contributed by atoms with E-state index in [4.69, 9.17) is 4.42 Å². The summed E-state index contributed by atoms with van der Waals surface area (Å²) >= 11 is 0. The van der Waals surface area contributed by atoms with Gasteiger partial charge >= 0.3 is 0 Å². The van der Waals surface area contributed by atoms with Gasteiger partial charge in [0.05, 0.1) is 0 Å². The molecule has 1 aromatic heterocycles. The van der Waals surface area contributed by atoms with Gasteiger partial charge in [0.25, 0.3) is 11.8 Å². The molecular formula is C21H19NO3. The lowest BCUT2D eigenvalue weighted by Gasteiger charge is -2.26. The van der Waals surface area contributed by atoms with Gasteiger partial charge in [0.2, 0.25) is 0 Å². The molecule has 0 radical (unpaired) electrons. The van der Waals surface area contributed by atoms with E-state index in [2.05, 4.69) is 0 Å². The molecule has 25 heavy (non-hydrogen) atoms. The Kier molecular flexibility index (Phi) is 3.32. The highest BCUT2D eigenvalue weighted by molar-refractivity contribution is 6.29. The Labute approximate surface area is 145 Å². The Hall–Kier alpha value is -2.88. The van der Waals surface area contributed by atoms with Crippen LogP contribution in [0.25, 0.3) is 21.7 Å². The Morgan fingerprint density at radius 3 is 2.52 bits per heavy atom. The van der Waals surface area contributed by atoms with E-state index in [0.29, 0.717) is 16.5 Å². The summed E-state index contributed by atoms with van der Waals surface area (Å²) in [6.45, 7) is 8.10. The van der Waals surface area contributed by atoms with Crippen LogP contribution in [-0.4, -0.2) is 23.3 Å². The third-order valence-electron chi connectivity index (χ3n) is 4.93. The topological polar surface area (TPSA) is 50.5 Å². The van der Waals surface area contributed by atoms with Crippen molar-refractivity contribution in [3.8, 4) is 0 Å². The molecule has 3 aromatic rings. The summed E-state index contributed by atoms with van der Waals surface area (Å²) in [6, 6.07) is 7.42. The first-order valence-corrected chi connectivity index (χ1v) is 8.35. The molecule has 0 fully saturated rings. The van der Waals surface area contributed by atoms with E-state index >= 15 is 0 Å². The summed E-state index contributed by atoms with van der Waals surface area (Å²) < 4.78 is 5.92. The number of imide groups is 1. The van der Waals surface area contributed by atoms with Gasteiger partial charge in [-0.1, -0.05) is 23.8 Å². The van der Waals surface area contributed by atoms with Crippen LogP contribution in [0, 0.1) is 13.8 Å². The Balaban J connectivity index is 2.06. The molecule has 4 nitrogen and oxygen atoms in total. The molecule has 0 unspecified atom stereocenters. The van der Waals surface area contributed by atoms with Gasteiger partial charge in [-0.05, 0) is 45.4 Å². The van der Waals surface area contributed by atoms with Gasteiger partial charge in [0.1, 0.15) is 11.3 Å². The molecule has 0 spiro atoms. The average Bonchev–Trinajstić information content (AvgIpc) is 2.87. The molecular weight excluding hydrogens is 314 g/mol. The van der Waals surface area contributed by atoms with E-state index in [1.54, 1.807) is 6.07 Å². The molecule has 0 aliphatic carbocycles. The van der Waals surface area contributed by atoms with Gasteiger partial charge in [-0.15, -0.1) is 0 Å². The number of benzene rings is 2. The molecule has 1 aliphatic heterocycles. The molecule has 1 aliphatic rings. The minimum atomic E-state index is -0.250. The highest BCUT2D eigenvalue weighted by Crippen LogP contribution is 2.38. The van der Waals surface area contributed by atoms with Gasteiger partial charge in [-0.25, -0.2) is 0 Å². The third kappa shape index (κ3) is 2.14. The van der Waals surface area contributed by atoms with Gasteiger partial charge in [-0.3, -0.25) is 14.5 Å². The van der Waals surface area contributed by atoms with Gasteiger partial charge < -0.3 is 4.42 Å². The molecule has 4 heteroatoms. The largest absolute Gasteiger partial charge is 0.460 e. The SMILES string of the molecule is CC(C)=CCN1C(=O)c2cccc3c2c(cc2c(C)c(C)oc23)C1=O. The fourth-order valence-corrected chi connectivity index (χ4v) is 3.44. The van der Waals surface area contributed by atoms with Crippen LogP contribution in [0.15, 0.2) is 40.3 Å². The molecule has 0 atom stereocenters. The van der Waals surface area contributed by atoms with Crippen molar-refractivity contribution in [1.29, 1.82) is 0 Å². The summed E-state index contributed by atoms with van der Waals surface area (Å²) in [6.07, 6.45) is 1.90. The van der Waals surface area contributed by atoms with Crippen molar-refractivity contribution in [1.82, 2.24) is 4.90 Å². The van der Waals surface area contributed by atoms with Crippen LogP contribution >= 0.6 is 0 Å². The number of nitrogens with zero attached hydrogens (tertiary/aromatic N) is 1. The van der Waals surface area contributed by atoms with E-state index in [0.717, 1.165) is 33.3 Å². The van der Waals surface area contributed by atoms with Crippen LogP contribution in [-0.2, 0) is 0 Å². The zero-order valence-corrected chi connectivity index (χ0v) is 14.8. The summed E-state index contributed by atoms with van der Waals surface area (Å²) in [7, 11) is 0. The summed E-state index contributed by atoms with van der Waals surface area (Å²) in [5, 5.41) is 2.46. The maximum Gasteiger partial charge on any atom is 0.261 e. The predicted octanol–water partition coefficient (Wildman–Crippen LogP) is 4.77. The van der Waals surface area contributed by atoms with E-state index in [9.17, 15) is 9.59 Å². The monoisotopic (exact) mass is 333 g/mol. The standard InChI is InChI=1S/C21H19NO3/c1-11(2)8-9-22-20(23)15-7-5-6-14-18(15)17(21(22)24)10-16-12(3)13(4)25-19(14)16/h5-8,10H,9H2,1-4H3. The number of amides is 2. The van der Waals surface area contributed by atoms with Crippen molar-refractivity contribution in [2.24, 2.45) is 0 Å². The number of fused-ring (bicyclic) bond motifs is 2. The van der Waals surface area contributed by atoms with Crippen molar-refractivity contribution >= 4 is 33.6 Å². The van der Waals surface area contributed by atoms with Crippen molar-refractivity contribution in [2.75, 3.05) is 6.54 Å². The predicted molar refractivity (Wildman–Crippen MR) is 98.0 cm³/mol. The molecule has 126 valence electrons. The van der Waals surface area contributed by atoms with Gasteiger partial charge in [0, 0.05) is 33.8 Å². The van der Waals surface area contributed by atoms with Crippen LogP contribution < -0.4 is 0 Å². The summed E-state index contributed by atoms with van der Waals surface area (Å²) in [4.78, 5) is 27.2. The minimum Gasteiger partial charge on any atom is -0.460 e. The van der Waals surface area contributed by atoms with Crippen LogP contribution in [0.4, 0.5) is 0 Å². The quantitative estimate of drug-likeness (QED) is 0.501. The number of carbonyl (C=O) groups is 2. The molecule has 0 saturated carbocycles. The minimum absolute atomic E-state index is 0.244. The lowest BCUT2D eigenvalue weighted by molar-refractivity contribution is 0.0629. The summed E-state index contributed by atoms with van der Waals surface area (Å²) in [5.41, 5.74) is 3.97. The maximum atomic E-state index is 13.0. The van der Waals surface area contributed by atoms with E-state index in [1.165, 1.54) is 4.90 Å². The van der Waals surface area contributed by atoms with Crippen molar-refractivity contribution in [3.63, 3.8) is 0 Å². The second-order valence-corrected chi connectivity index (χ2v) is 6.81. The van der Waals surface area contributed by atoms with E-state index in [1.807, 2.05) is 52.0 Å². The molecule has 2 amide bonds. The second kappa shape index (κ2) is 5.31. The number of hydrogen-bond donors (Lipinski definition) is 0. The van der Waals surface area contributed by atoms with E-state index in [-0.39, 0.29) is 18.4 Å². The smallest absolute Gasteiger partial charge is 0.261 e. The molecule has 0 N–H and O–H groups in total. The fourth-order valence-electron chi connectivity index (χ4n) is 3.44. The highest BCUT2D eigenvalue weighted by atomic mass is 16.3. The van der Waals surface area contributed by atoms with Gasteiger partial charge in [0.15, 0.2) is 0 Å². The summed E-state index contributed by atoms with van der Waals surface area (Å²) in [5.74, 6) is 0.338. The Morgan fingerprint density at radius 1 is 1.08 bits per heavy atom. The second-order valence-electron chi connectivity index (χ2n) is 6.81. The Morgan fingerprint density at radius 2 is 1.80 bits per heavy atom. The zero-order chi connectivity index (χ0) is 17.9. The van der Waals surface area contributed by atoms with Gasteiger partial charge in [-0.2, -0.15) is 0 Å². The van der Waals surface area contributed by atoms with Crippen molar-refractivity contribution in [2.45, 2.75) is 27.7 Å². The number of furan rings is 1. The maximum absolute atomic E-state index is 13.0. The molecule has 2 aromatic carbocycles. The van der Waals surface area contributed by atoms with Crippen molar-refractivity contribution in [3.05, 3.63) is 58.4 Å². The number of aryl methyl sites for hydroxylation is 2. The molecule has 2 heterocycles. The third-order valence-corrected chi connectivity index (χ3v) is 4.93. The van der Waals surface area contributed by atoms with Crippen LogP contribution in [0.3, 0.4) is 0 Å².